The Balaban J connectivity index is 2.47. The lowest BCUT2D eigenvalue weighted by Crippen LogP contribution is -2.23. The number of nitrogens with zero attached hydrogens (tertiary/aromatic N) is 2. The number of hydrogen-bond acceptors (Lipinski definition) is 4. The molecule has 1 N–H and O–H groups in total. The highest BCUT2D eigenvalue weighted by Gasteiger charge is 2.18. The van der Waals surface area contributed by atoms with Crippen molar-refractivity contribution in [3.63, 3.8) is 0 Å². The molecule has 0 fully saturated rings. The standard InChI is InChI=1S/C15H19N3O/c1-4-18-15(12-8-16-10-17-9-12)13-7-11(2)5-6-14(13)19-3/h5-10,15,18H,4H2,1-3H3. The van der Waals surface area contributed by atoms with E-state index >= 15 is 0 Å². The van der Waals surface area contributed by atoms with Crippen molar-refractivity contribution in [3.8, 4) is 5.75 Å². The van der Waals surface area contributed by atoms with Gasteiger partial charge in [-0.15, -0.1) is 0 Å². The van der Waals surface area contributed by atoms with Crippen molar-refractivity contribution in [2.24, 2.45) is 0 Å². The van der Waals surface area contributed by atoms with Gasteiger partial charge in [0, 0.05) is 23.5 Å². The summed E-state index contributed by atoms with van der Waals surface area (Å²) >= 11 is 0. The second-order valence-electron chi connectivity index (χ2n) is 4.41. The highest BCUT2D eigenvalue weighted by atomic mass is 16.5. The average molecular weight is 257 g/mol. The molecular weight excluding hydrogens is 238 g/mol. The van der Waals surface area contributed by atoms with E-state index in [1.807, 2.05) is 24.5 Å². The molecule has 1 atom stereocenters. The average Bonchev–Trinajstić information content (AvgIpc) is 2.45. The van der Waals surface area contributed by atoms with Gasteiger partial charge in [0.05, 0.1) is 13.2 Å². The minimum absolute atomic E-state index is 0.0426. The van der Waals surface area contributed by atoms with Crippen LogP contribution in [-0.4, -0.2) is 23.6 Å². The summed E-state index contributed by atoms with van der Waals surface area (Å²) in [4.78, 5) is 8.20. The van der Waals surface area contributed by atoms with E-state index in [4.69, 9.17) is 4.74 Å². The molecule has 0 aliphatic rings. The maximum Gasteiger partial charge on any atom is 0.124 e. The number of methoxy groups -OCH3 is 1. The van der Waals surface area contributed by atoms with Crippen molar-refractivity contribution in [1.82, 2.24) is 15.3 Å². The summed E-state index contributed by atoms with van der Waals surface area (Å²) in [5.74, 6) is 0.875. The van der Waals surface area contributed by atoms with Gasteiger partial charge in [0.15, 0.2) is 0 Å². The number of benzene rings is 1. The van der Waals surface area contributed by atoms with Crippen LogP contribution in [0.25, 0.3) is 0 Å². The van der Waals surface area contributed by atoms with Gasteiger partial charge in [0.1, 0.15) is 12.1 Å². The van der Waals surface area contributed by atoms with E-state index in [0.717, 1.165) is 23.4 Å². The van der Waals surface area contributed by atoms with Gasteiger partial charge in [0.25, 0.3) is 0 Å². The Bertz CT molecular complexity index is 528. The van der Waals surface area contributed by atoms with Crippen LogP contribution in [0.5, 0.6) is 5.75 Å². The molecule has 2 aromatic rings. The van der Waals surface area contributed by atoms with Crippen LogP contribution in [0.15, 0.2) is 36.9 Å². The van der Waals surface area contributed by atoms with E-state index in [1.165, 1.54) is 5.56 Å². The molecule has 0 amide bonds. The molecule has 4 heteroatoms. The van der Waals surface area contributed by atoms with Gasteiger partial charge in [-0.3, -0.25) is 0 Å². The molecule has 0 bridgehead atoms. The summed E-state index contributed by atoms with van der Waals surface area (Å²) in [6.45, 7) is 5.02. The number of aryl methyl sites for hydroxylation is 1. The smallest absolute Gasteiger partial charge is 0.124 e. The Morgan fingerprint density at radius 1 is 1.26 bits per heavy atom. The molecule has 2 rings (SSSR count). The second kappa shape index (κ2) is 6.29. The van der Waals surface area contributed by atoms with Crippen molar-refractivity contribution in [1.29, 1.82) is 0 Å². The van der Waals surface area contributed by atoms with Gasteiger partial charge in [-0.1, -0.05) is 24.6 Å². The maximum atomic E-state index is 5.47. The normalized spacial score (nSPS) is 12.2. The number of aromatic nitrogens is 2. The van der Waals surface area contributed by atoms with E-state index in [1.54, 1.807) is 13.4 Å². The zero-order chi connectivity index (χ0) is 13.7. The molecule has 0 saturated heterocycles. The van der Waals surface area contributed by atoms with Crippen LogP contribution in [0.3, 0.4) is 0 Å². The fraction of sp³-hybridized carbons (Fsp3) is 0.333. The first kappa shape index (κ1) is 13.5. The van der Waals surface area contributed by atoms with Crippen LogP contribution < -0.4 is 10.1 Å². The van der Waals surface area contributed by atoms with E-state index in [2.05, 4.69) is 35.2 Å². The zero-order valence-electron chi connectivity index (χ0n) is 11.6. The van der Waals surface area contributed by atoms with Gasteiger partial charge in [-0.2, -0.15) is 0 Å². The molecule has 0 spiro atoms. The van der Waals surface area contributed by atoms with Crippen LogP contribution in [0, 0.1) is 6.92 Å². The molecular formula is C15H19N3O. The summed E-state index contributed by atoms with van der Waals surface area (Å²) in [5, 5.41) is 3.46. The Labute approximate surface area is 113 Å². The van der Waals surface area contributed by atoms with E-state index in [9.17, 15) is 0 Å². The highest BCUT2D eigenvalue weighted by Crippen LogP contribution is 2.30. The number of rotatable bonds is 5. The van der Waals surface area contributed by atoms with Crippen molar-refractivity contribution in [2.75, 3.05) is 13.7 Å². The maximum absolute atomic E-state index is 5.47. The highest BCUT2D eigenvalue weighted by molar-refractivity contribution is 5.43. The van der Waals surface area contributed by atoms with Crippen LogP contribution in [0.1, 0.15) is 29.7 Å². The number of nitrogens with one attached hydrogen (secondary N) is 1. The summed E-state index contributed by atoms with van der Waals surface area (Å²) in [6, 6.07) is 6.23. The zero-order valence-corrected chi connectivity index (χ0v) is 11.6. The quantitative estimate of drug-likeness (QED) is 0.894. The molecule has 1 heterocycles. The van der Waals surface area contributed by atoms with E-state index in [-0.39, 0.29) is 6.04 Å². The van der Waals surface area contributed by atoms with E-state index in [0.29, 0.717) is 0 Å². The fourth-order valence-corrected chi connectivity index (χ4v) is 2.15. The minimum atomic E-state index is 0.0426. The Morgan fingerprint density at radius 2 is 2.00 bits per heavy atom. The van der Waals surface area contributed by atoms with Crippen molar-refractivity contribution in [2.45, 2.75) is 19.9 Å². The molecule has 0 radical (unpaired) electrons. The lowest BCUT2D eigenvalue weighted by molar-refractivity contribution is 0.404. The number of ether oxygens (including phenoxy) is 1. The van der Waals surface area contributed by atoms with Gasteiger partial charge >= 0.3 is 0 Å². The molecule has 100 valence electrons. The second-order valence-corrected chi connectivity index (χ2v) is 4.41. The van der Waals surface area contributed by atoms with Gasteiger partial charge in [-0.05, 0) is 19.5 Å². The van der Waals surface area contributed by atoms with Crippen LogP contribution in [-0.2, 0) is 0 Å². The predicted octanol–water partition coefficient (Wildman–Crippen LogP) is 2.49. The predicted molar refractivity (Wildman–Crippen MR) is 75.3 cm³/mol. The van der Waals surface area contributed by atoms with Gasteiger partial charge in [-0.25, -0.2) is 9.97 Å². The molecule has 19 heavy (non-hydrogen) atoms. The Morgan fingerprint density at radius 3 is 2.63 bits per heavy atom. The number of hydrogen-bond donors (Lipinski definition) is 1. The Kier molecular flexibility index (Phi) is 4.47. The monoisotopic (exact) mass is 257 g/mol. The first-order valence-corrected chi connectivity index (χ1v) is 6.39. The van der Waals surface area contributed by atoms with Crippen LogP contribution in [0.2, 0.25) is 0 Å². The van der Waals surface area contributed by atoms with Gasteiger partial charge < -0.3 is 10.1 Å². The Hall–Kier alpha value is -1.94. The summed E-state index contributed by atoms with van der Waals surface area (Å²) in [6.07, 6.45) is 5.21. The first-order valence-electron chi connectivity index (χ1n) is 6.39. The van der Waals surface area contributed by atoms with Crippen molar-refractivity contribution in [3.05, 3.63) is 53.6 Å². The lowest BCUT2D eigenvalue weighted by atomic mass is 9.98. The summed E-state index contributed by atoms with van der Waals surface area (Å²) < 4.78 is 5.47. The van der Waals surface area contributed by atoms with Crippen molar-refractivity contribution >= 4 is 0 Å². The largest absolute Gasteiger partial charge is 0.496 e. The molecule has 4 nitrogen and oxygen atoms in total. The summed E-state index contributed by atoms with van der Waals surface area (Å²) in [7, 11) is 1.69. The molecule has 1 aromatic carbocycles. The molecule has 1 aromatic heterocycles. The topological polar surface area (TPSA) is 47.0 Å². The lowest BCUT2D eigenvalue weighted by Gasteiger charge is -2.21. The molecule has 0 aliphatic carbocycles. The third-order valence-corrected chi connectivity index (χ3v) is 3.02. The molecule has 0 aliphatic heterocycles. The molecule has 0 saturated carbocycles. The van der Waals surface area contributed by atoms with E-state index < -0.39 is 0 Å². The molecule has 1 unspecified atom stereocenters. The summed E-state index contributed by atoms with van der Waals surface area (Å²) in [5.41, 5.74) is 3.35. The fourth-order valence-electron chi connectivity index (χ4n) is 2.15. The van der Waals surface area contributed by atoms with Crippen LogP contribution in [0.4, 0.5) is 0 Å². The van der Waals surface area contributed by atoms with Crippen LogP contribution >= 0.6 is 0 Å². The van der Waals surface area contributed by atoms with Crippen molar-refractivity contribution < 1.29 is 4.74 Å². The SMILES string of the molecule is CCNC(c1cncnc1)c1cc(C)ccc1OC. The third-order valence-electron chi connectivity index (χ3n) is 3.02. The van der Waals surface area contributed by atoms with Gasteiger partial charge in [0.2, 0.25) is 0 Å². The first-order chi connectivity index (χ1) is 9.26. The third kappa shape index (κ3) is 3.09. The minimum Gasteiger partial charge on any atom is -0.496 e.